The van der Waals surface area contributed by atoms with Crippen molar-refractivity contribution in [2.45, 2.75) is 5.41 Å². The normalized spacial score (nSPS) is 11.3. The van der Waals surface area contributed by atoms with Crippen molar-refractivity contribution in [2.24, 2.45) is 0 Å². The second kappa shape index (κ2) is 7.42. The smallest absolute Gasteiger partial charge is 0.0702 e. The third kappa shape index (κ3) is 3.17. The lowest BCUT2D eigenvalue weighted by molar-refractivity contribution is 0.744. The monoisotopic (exact) mass is 413 g/mol. The molecule has 0 heterocycles. The molecule has 2 heteroatoms. The van der Waals surface area contributed by atoms with Gasteiger partial charge in [-0.2, -0.15) is 0 Å². The second-order valence-electron chi connectivity index (χ2n) is 6.61. The van der Waals surface area contributed by atoms with Gasteiger partial charge in [-0.25, -0.2) is 0 Å². The van der Waals surface area contributed by atoms with Crippen LogP contribution in [0.5, 0.6) is 0 Å². The van der Waals surface area contributed by atoms with E-state index in [0.29, 0.717) is 0 Å². The SMILES string of the molecule is Nc1ccc(C(c2ccccc2)(c2ccccc2)c2cccc(Br)c2)cc1. The summed E-state index contributed by atoms with van der Waals surface area (Å²) in [5.74, 6) is 0. The molecule has 0 aromatic heterocycles. The van der Waals surface area contributed by atoms with Crippen LogP contribution in [-0.2, 0) is 5.41 Å². The number of halogens is 1. The second-order valence-corrected chi connectivity index (χ2v) is 7.53. The summed E-state index contributed by atoms with van der Waals surface area (Å²) in [6.45, 7) is 0. The highest BCUT2D eigenvalue weighted by Gasteiger charge is 2.38. The van der Waals surface area contributed by atoms with Gasteiger partial charge in [-0.1, -0.05) is 101 Å². The van der Waals surface area contributed by atoms with Gasteiger partial charge in [-0.05, 0) is 46.5 Å². The number of benzene rings is 4. The number of nitrogens with two attached hydrogens (primary N) is 1. The van der Waals surface area contributed by atoms with E-state index < -0.39 is 5.41 Å². The van der Waals surface area contributed by atoms with E-state index in [-0.39, 0.29) is 0 Å². The summed E-state index contributed by atoms with van der Waals surface area (Å²) in [7, 11) is 0. The zero-order chi connectivity index (χ0) is 18.7. The molecule has 0 radical (unpaired) electrons. The Balaban J connectivity index is 2.13. The summed E-state index contributed by atoms with van der Waals surface area (Å²) in [5.41, 5.74) is 11.2. The van der Waals surface area contributed by atoms with Crippen molar-refractivity contribution < 1.29 is 0 Å². The molecular formula is C25H20BrN. The van der Waals surface area contributed by atoms with Gasteiger partial charge in [0.2, 0.25) is 0 Å². The quantitative estimate of drug-likeness (QED) is 0.303. The first kappa shape index (κ1) is 17.6. The van der Waals surface area contributed by atoms with Gasteiger partial charge in [0.25, 0.3) is 0 Å². The molecular weight excluding hydrogens is 394 g/mol. The van der Waals surface area contributed by atoms with Gasteiger partial charge in [0, 0.05) is 10.2 Å². The molecule has 27 heavy (non-hydrogen) atoms. The van der Waals surface area contributed by atoms with Crippen LogP contribution in [0.1, 0.15) is 22.3 Å². The fourth-order valence-corrected chi connectivity index (χ4v) is 4.23. The molecule has 0 aliphatic heterocycles. The summed E-state index contributed by atoms with van der Waals surface area (Å²) in [6, 6.07) is 38.1. The van der Waals surface area contributed by atoms with Crippen LogP contribution >= 0.6 is 15.9 Å². The minimum absolute atomic E-state index is 0.431. The maximum atomic E-state index is 6.00. The van der Waals surface area contributed by atoms with Crippen LogP contribution in [0.3, 0.4) is 0 Å². The lowest BCUT2D eigenvalue weighted by Crippen LogP contribution is -2.31. The van der Waals surface area contributed by atoms with E-state index in [0.717, 1.165) is 10.2 Å². The fourth-order valence-electron chi connectivity index (χ4n) is 3.83. The number of hydrogen-bond acceptors (Lipinski definition) is 1. The molecule has 2 N–H and O–H groups in total. The fraction of sp³-hybridized carbons (Fsp3) is 0.0400. The van der Waals surface area contributed by atoms with Crippen molar-refractivity contribution in [1.82, 2.24) is 0 Å². The molecule has 0 fully saturated rings. The molecule has 0 unspecified atom stereocenters. The molecule has 0 saturated heterocycles. The molecule has 4 rings (SSSR count). The molecule has 132 valence electrons. The number of hydrogen-bond donors (Lipinski definition) is 1. The van der Waals surface area contributed by atoms with Crippen molar-refractivity contribution in [2.75, 3.05) is 5.73 Å². The Labute approximate surface area is 168 Å². The Morgan fingerprint density at radius 2 is 1.00 bits per heavy atom. The van der Waals surface area contributed by atoms with Crippen molar-refractivity contribution in [3.8, 4) is 0 Å². The predicted molar refractivity (Wildman–Crippen MR) is 117 cm³/mol. The standard InChI is InChI=1S/C25H20BrN/c26-23-13-7-12-22(18-23)25(19-8-3-1-4-9-19,20-10-5-2-6-11-20)21-14-16-24(27)17-15-21/h1-18H,27H2. The third-order valence-electron chi connectivity index (χ3n) is 5.01. The summed E-state index contributed by atoms with van der Waals surface area (Å²) in [4.78, 5) is 0. The van der Waals surface area contributed by atoms with Gasteiger partial charge in [0.15, 0.2) is 0 Å². The average Bonchev–Trinajstić information content (AvgIpc) is 2.72. The summed E-state index contributed by atoms with van der Waals surface area (Å²) in [5, 5.41) is 0. The van der Waals surface area contributed by atoms with Crippen molar-refractivity contribution >= 4 is 21.6 Å². The minimum Gasteiger partial charge on any atom is -0.399 e. The van der Waals surface area contributed by atoms with Crippen LogP contribution in [0.15, 0.2) is 114 Å². The van der Waals surface area contributed by atoms with E-state index in [1.54, 1.807) is 0 Å². The molecule has 0 amide bonds. The molecule has 0 aliphatic carbocycles. The molecule has 0 saturated carbocycles. The zero-order valence-electron chi connectivity index (χ0n) is 14.8. The van der Waals surface area contributed by atoms with Crippen LogP contribution in [0, 0.1) is 0 Å². The first-order chi connectivity index (χ1) is 13.2. The van der Waals surface area contributed by atoms with Crippen LogP contribution in [0.2, 0.25) is 0 Å². The molecule has 0 spiro atoms. The van der Waals surface area contributed by atoms with Crippen molar-refractivity contribution in [1.29, 1.82) is 0 Å². The van der Waals surface area contributed by atoms with Crippen molar-refractivity contribution in [3.05, 3.63) is 136 Å². The van der Waals surface area contributed by atoms with Gasteiger partial charge in [-0.15, -0.1) is 0 Å². The van der Waals surface area contributed by atoms with Crippen LogP contribution in [-0.4, -0.2) is 0 Å². The Morgan fingerprint density at radius 3 is 1.52 bits per heavy atom. The Kier molecular flexibility index (Phi) is 4.83. The first-order valence-corrected chi connectivity index (χ1v) is 9.73. The van der Waals surface area contributed by atoms with E-state index in [1.807, 2.05) is 12.1 Å². The maximum absolute atomic E-state index is 6.00. The predicted octanol–water partition coefficient (Wildman–Crippen LogP) is 6.41. The van der Waals surface area contributed by atoms with Gasteiger partial charge in [0.1, 0.15) is 0 Å². The van der Waals surface area contributed by atoms with Crippen molar-refractivity contribution in [3.63, 3.8) is 0 Å². The Bertz CT molecular complexity index is 985. The first-order valence-electron chi connectivity index (χ1n) is 8.94. The van der Waals surface area contributed by atoms with E-state index in [1.165, 1.54) is 22.3 Å². The summed E-state index contributed by atoms with van der Waals surface area (Å²) in [6.07, 6.45) is 0. The highest BCUT2D eigenvalue weighted by molar-refractivity contribution is 9.10. The van der Waals surface area contributed by atoms with E-state index in [4.69, 9.17) is 5.73 Å². The van der Waals surface area contributed by atoms with E-state index in [9.17, 15) is 0 Å². The molecule has 0 aliphatic rings. The minimum atomic E-state index is -0.431. The zero-order valence-corrected chi connectivity index (χ0v) is 16.4. The number of rotatable bonds is 4. The van der Waals surface area contributed by atoms with E-state index in [2.05, 4.69) is 113 Å². The van der Waals surface area contributed by atoms with Gasteiger partial charge in [0.05, 0.1) is 5.41 Å². The topological polar surface area (TPSA) is 26.0 Å². The van der Waals surface area contributed by atoms with Crippen LogP contribution < -0.4 is 5.73 Å². The highest BCUT2D eigenvalue weighted by Crippen LogP contribution is 2.45. The van der Waals surface area contributed by atoms with Crippen LogP contribution in [0.25, 0.3) is 0 Å². The largest absolute Gasteiger partial charge is 0.399 e. The summed E-state index contributed by atoms with van der Waals surface area (Å²) >= 11 is 3.66. The summed E-state index contributed by atoms with van der Waals surface area (Å²) < 4.78 is 1.06. The van der Waals surface area contributed by atoms with Gasteiger partial charge < -0.3 is 5.73 Å². The highest BCUT2D eigenvalue weighted by atomic mass is 79.9. The average molecular weight is 414 g/mol. The Morgan fingerprint density at radius 1 is 0.519 bits per heavy atom. The number of nitrogen functional groups attached to an aromatic ring is 1. The van der Waals surface area contributed by atoms with E-state index >= 15 is 0 Å². The number of anilines is 1. The van der Waals surface area contributed by atoms with Gasteiger partial charge >= 0.3 is 0 Å². The molecule has 4 aromatic carbocycles. The maximum Gasteiger partial charge on any atom is 0.0702 e. The van der Waals surface area contributed by atoms with Gasteiger partial charge in [-0.3, -0.25) is 0 Å². The Hall–Kier alpha value is -2.84. The molecule has 0 bridgehead atoms. The molecule has 0 atom stereocenters. The molecule has 4 aromatic rings. The third-order valence-corrected chi connectivity index (χ3v) is 5.51. The van der Waals surface area contributed by atoms with Crippen LogP contribution in [0.4, 0.5) is 5.69 Å². The lowest BCUT2D eigenvalue weighted by Gasteiger charge is -2.37. The lowest BCUT2D eigenvalue weighted by atomic mass is 9.65. The molecule has 1 nitrogen and oxygen atoms in total.